The number of nitrogens with one attached hydrogen (secondary N) is 1. The van der Waals surface area contributed by atoms with Gasteiger partial charge in [0.2, 0.25) is 0 Å². The van der Waals surface area contributed by atoms with E-state index in [1.54, 1.807) is 7.11 Å². The Kier molecular flexibility index (Phi) is 3.87. The molecule has 21 heavy (non-hydrogen) atoms. The Morgan fingerprint density at radius 2 is 1.95 bits per heavy atom. The Morgan fingerprint density at radius 1 is 1.24 bits per heavy atom. The van der Waals surface area contributed by atoms with E-state index in [1.165, 1.54) is 24.8 Å². The third kappa shape index (κ3) is 2.33. The summed E-state index contributed by atoms with van der Waals surface area (Å²) in [6.07, 6.45) is 4.08. The lowest BCUT2D eigenvalue weighted by Crippen LogP contribution is -2.46. The average Bonchev–Trinajstić information content (AvgIpc) is 2.81. The molecule has 1 aromatic carbocycles. The lowest BCUT2D eigenvalue weighted by Gasteiger charge is -2.41. The topological polar surface area (TPSA) is 21.3 Å². The molecule has 4 unspecified atom stereocenters. The second kappa shape index (κ2) is 5.40. The molecule has 0 saturated heterocycles. The average molecular weight is 287 g/mol. The summed E-state index contributed by atoms with van der Waals surface area (Å²) in [6.45, 7) is 8.18. The Hall–Kier alpha value is -0.860. The van der Waals surface area contributed by atoms with Crippen molar-refractivity contribution in [3.8, 4) is 0 Å². The smallest absolute Gasteiger partial charge is 0.0657 e. The van der Waals surface area contributed by atoms with Crippen molar-refractivity contribution < 1.29 is 4.74 Å². The normalized spacial score (nSPS) is 35.0. The van der Waals surface area contributed by atoms with Gasteiger partial charge in [0, 0.05) is 13.2 Å². The molecule has 2 heteroatoms. The number of ether oxygens (including phenoxy) is 1. The Labute approximate surface area is 129 Å². The van der Waals surface area contributed by atoms with Crippen molar-refractivity contribution in [1.29, 1.82) is 0 Å². The van der Waals surface area contributed by atoms with Crippen molar-refractivity contribution in [2.24, 2.45) is 16.7 Å². The van der Waals surface area contributed by atoms with Gasteiger partial charge in [-0.3, -0.25) is 0 Å². The fourth-order valence-corrected chi connectivity index (χ4v) is 4.79. The van der Waals surface area contributed by atoms with Crippen molar-refractivity contribution in [2.45, 2.75) is 52.1 Å². The van der Waals surface area contributed by atoms with E-state index in [0.29, 0.717) is 22.9 Å². The summed E-state index contributed by atoms with van der Waals surface area (Å²) < 4.78 is 5.47. The number of benzene rings is 1. The van der Waals surface area contributed by atoms with Crippen LogP contribution in [0.5, 0.6) is 0 Å². The molecule has 0 radical (unpaired) electrons. The van der Waals surface area contributed by atoms with Crippen molar-refractivity contribution in [2.75, 3.05) is 13.7 Å². The van der Waals surface area contributed by atoms with Gasteiger partial charge in [-0.15, -0.1) is 0 Å². The van der Waals surface area contributed by atoms with Crippen LogP contribution in [-0.2, 0) is 4.74 Å². The molecular formula is C19H29NO. The summed E-state index contributed by atoms with van der Waals surface area (Å²) in [7, 11) is 1.80. The first kappa shape index (κ1) is 15.1. The van der Waals surface area contributed by atoms with Crippen LogP contribution in [0.3, 0.4) is 0 Å². The van der Waals surface area contributed by atoms with E-state index in [2.05, 4.69) is 56.4 Å². The zero-order chi connectivity index (χ0) is 15.1. The minimum absolute atomic E-state index is 0.299. The first-order valence-corrected chi connectivity index (χ1v) is 8.29. The van der Waals surface area contributed by atoms with Gasteiger partial charge >= 0.3 is 0 Å². The van der Waals surface area contributed by atoms with Crippen molar-refractivity contribution >= 4 is 0 Å². The number of rotatable bonds is 5. The van der Waals surface area contributed by atoms with Crippen molar-refractivity contribution in [3.05, 3.63) is 35.9 Å². The highest BCUT2D eigenvalue weighted by Gasteiger charge is 2.61. The molecule has 116 valence electrons. The molecule has 2 saturated carbocycles. The van der Waals surface area contributed by atoms with Crippen LogP contribution >= 0.6 is 0 Å². The predicted molar refractivity (Wildman–Crippen MR) is 87.2 cm³/mol. The van der Waals surface area contributed by atoms with Gasteiger partial charge in [0.1, 0.15) is 0 Å². The molecule has 2 fully saturated rings. The summed E-state index contributed by atoms with van der Waals surface area (Å²) >= 11 is 0. The molecule has 2 aliphatic carbocycles. The molecule has 0 aliphatic heterocycles. The van der Waals surface area contributed by atoms with E-state index < -0.39 is 0 Å². The molecule has 0 spiro atoms. The molecule has 2 nitrogen and oxygen atoms in total. The van der Waals surface area contributed by atoms with Crippen LogP contribution in [0.2, 0.25) is 0 Å². The summed E-state index contributed by atoms with van der Waals surface area (Å²) in [5.41, 5.74) is 2.21. The number of fused-ring (bicyclic) bond motifs is 2. The van der Waals surface area contributed by atoms with E-state index in [4.69, 9.17) is 4.74 Å². The summed E-state index contributed by atoms with van der Waals surface area (Å²) in [4.78, 5) is 0. The predicted octanol–water partition coefficient (Wildman–Crippen LogP) is 4.18. The third-order valence-corrected chi connectivity index (χ3v) is 6.73. The summed E-state index contributed by atoms with van der Waals surface area (Å²) in [5, 5.41) is 3.94. The highest BCUT2D eigenvalue weighted by molar-refractivity contribution is 5.21. The molecule has 0 aromatic heterocycles. The minimum Gasteiger partial charge on any atom is -0.383 e. The van der Waals surface area contributed by atoms with E-state index >= 15 is 0 Å². The molecule has 0 amide bonds. The SMILES string of the molecule is COCC(NC1CC2CCC1(C)C2(C)C)c1ccccc1. The van der Waals surface area contributed by atoms with Gasteiger partial charge in [0.25, 0.3) is 0 Å². The third-order valence-electron chi connectivity index (χ3n) is 6.73. The van der Waals surface area contributed by atoms with Crippen LogP contribution in [0.1, 0.15) is 51.6 Å². The second-order valence-electron chi connectivity index (χ2n) is 7.75. The molecule has 1 aromatic rings. The Balaban J connectivity index is 1.79. The van der Waals surface area contributed by atoms with Gasteiger partial charge in [-0.1, -0.05) is 51.1 Å². The van der Waals surface area contributed by atoms with Crippen LogP contribution in [0, 0.1) is 16.7 Å². The highest BCUT2D eigenvalue weighted by Crippen LogP contribution is 2.65. The first-order chi connectivity index (χ1) is 9.99. The molecule has 4 atom stereocenters. The quantitative estimate of drug-likeness (QED) is 0.877. The zero-order valence-electron chi connectivity index (χ0n) is 13.9. The van der Waals surface area contributed by atoms with Crippen LogP contribution in [0.4, 0.5) is 0 Å². The molecule has 2 bridgehead atoms. The zero-order valence-corrected chi connectivity index (χ0v) is 13.9. The molecular weight excluding hydrogens is 258 g/mol. The fraction of sp³-hybridized carbons (Fsp3) is 0.684. The summed E-state index contributed by atoms with van der Waals surface area (Å²) in [5.74, 6) is 0.874. The van der Waals surface area contributed by atoms with Gasteiger partial charge in [0.05, 0.1) is 12.6 Å². The lowest BCUT2D eigenvalue weighted by atomic mass is 9.69. The van der Waals surface area contributed by atoms with Gasteiger partial charge in [0.15, 0.2) is 0 Å². The van der Waals surface area contributed by atoms with Crippen LogP contribution in [0.15, 0.2) is 30.3 Å². The molecule has 1 N–H and O–H groups in total. The van der Waals surface area contributed by atoms with E-state index in [9.17, 15) is 0 Å². The van der Waals surface area contributed by atoms with Crippen LogP contribution in [0.25, 0.3) is 0 Å². The molecule has 2 aliphatic rings. The number of hydrogen-bond acceptors (Lipinski definition) is 2. The molecule has 0 heterocycles. The Morgan fingerprint density at radius 3 is 2.48 bits per heavy atom. The minimum atomic E-state index is 0.299. The number of hydrogen-bond donors (Lipinski definition) is 1. The highest BCUT2D eigenvalue weighted by atomic mass is 16.5. The van der Waals surface area contributed by atoms with Gasteiger partial charge in [-0.2, -0.15) is 0 Å². The van der Waals surface area contributed by atoms with Gasteiger partial charge in [-0.05, 0) is 41.6 Å². The van der Waals surface area contributed by atoms with Crippen LogP contribution in [-0.4, -0.2) is 19.8 Å². The lowest BCUT2D eigenvalue weighted by molar-refractivity contribution is 0.0979. The van der Waals surface area contributed by atoms with Crippen LogP contribution < -0.4 is 5.32 Å². The second-order valence-corrected chi connectivity index (χ2v) is 7.75. The maximum Gasteiger partial charge on any atom is 0.0657 e. The summed E-state index contributed by atoms with van der Waals surface area (Å²) in [6, 6.07) is 11.6. The van der Waals surface area contributed by atoms with E-state index in [0.717, 1.165) is 12.5 Å². The van der Waals surface area contributed by atoms with Gasteiger partial charge < -0.3 is 10.1 Å². The van der Waals surface area contributed by atoms with Crippen molar-refractivity contribution in [3.63, 3.8) is 0 Å². The maximum absolute atomic E-state index is 5.47. The maximum atomic E-state index is 5.47. The van der Waals surface area contributed by atoms with E-state index in [-0.39, 0.29) is 0 Å². The first-order valence-electron chi connectivity index (χ1n) is 8.29. The molecule has 3 rings (SSSR count). The fourth-order valence-electron chi connectivity index (χ4n) is 4.79. The van der Waals surface area contributed by atoms with Gasteiger partial charge in [-0.25, -0.2) is 0 Å². The standard InChI is InChI=1S/C19H29NO/c1-18(2)15-10-11-19(18,3)17(12-15)20-16(13-21-4)14-8-6-5-7-9-14/h5-9,15-17,20H,10-13H2,1-4H3. The number of methoxy groups -OCH3 is 1. The Bertz CT molecular complexity index is 484. The van der Waals surface area contributed by atoms with Crippen molar-refractivity contribution in [1.82, 2.24) is 5.32 Å². The monoisotopic (exact) mass is 287 g/mol. The van der Waals surface area contributed by atoms with E-state index in [1.807, 2.05) is 0 Å². The largest absolute Gasteiger partial charge is 0.383 e.